The number of aryl methyl sites for hydroxylation is 1. The van der Waals surface area contributed by atoms with Crippen LogP contribution >= 0.6 is 0 Å². The quantitative estimate of drug-likeness (QED) is 0.686. The number of methoxy groups -OCH3 is 1. The highest BCUT2D eigenvalue weighted by atomic mass is 16.5. The average Bonchev–Trinajstić information content (AvgIpc) is 2.09. The molecule has 0 aliphatic carbocycles. The van der Waals surface area contributed by atoms with Crippen LogP contribution in [-0.4, -0.2) is 31.2 Å². The van der Waals surface area contributed by atoms with Gasteiger partial charge >= 0.3 is 0 Å². The number of anilines is 1. The lowest BCUT2D eigenvalue weighted by Gasteiger charge is -2.13. The van der Waals surface area contributed by atoms with Crippen molar-refractivity contribution in [1.82, 2.24) is 9.97 Å². The van der Waals surface area contributed by atoms with Crippen LogP contribution in [0.2, 0.25) is 0 Å². The second-order valence-corrected chi connectivity index (χ2v) is 3.14. The van der Waals surface area contributed by atoms with E-state index in [0.29, 0.717) is 11.8 Å². The lowest BCUT2D eigenvalue weighted by molar-refractivity contribution is 0.393. The zero-order chi connectivity index (χ0) is 10.0. The van der Waals surface area contributed by atoms with Gasteiger partial charge in [0.25, 0.3) is 0 Å². The summed E-state index contributed by atoms with van der Waals surface area (Å²) in [6, 6.07) is 0. The fourth-order valence-electron chi connectivity index (χ4n) is 0.987. The number of hydrogen-bond acceptors (Lipinski definition) is 4. The van der Waals surface area contributed by atoms with Gasteiger partial charge in [-0.3, -0.25) is 0 Å². The molecule has 0 unspecified atom stereocenters. The molecular formula is C9H15N3O. The lowest BCUT2D eigenvalue weighted by atomic mass is 10.2. The van der Waals surface area contributed by atoms with E-state index in [1.165, 1.54) is 0 Å². The molecule has 0 amide bonds. The molecule has 1 rings (SSSR count). The first-order valence-corrected chi connectivity index (χ1v) is 4.12. The van der Waals surface area contributed by atoms with Gasteiger partial charge in [0.05, 0.1) is 7.11 Å². The van der Waals surface area contributed by atoms with Crippen molar-refractivity contribution in [3.05, 3.63) is 11.3 Å². The second kappa shape index (κ2) is 3.60. The monoisotopic (exact) mass is 181 g/mol. The van der Waals surface area contributed by atoms with Crippen LogP contribution in [-0.2, 0) is 0 Å². The highest BCUT2D eigenvalue weighted by Gasteiger charge is 2.08. The SMILES string of the molecule is COc1nc(N(C)C)nc(C)c1C. The Morgan fingerprint density at radius 1 is 1.15 bits per heavy atom. The van der Waals surface area contributed by atoms with Crippen LogP contribution in [0.3, 0.4) is 0 Å². The summed E-state index contributed by atoms with van der Waals surface area (Å²) in [4.78, 5) is 10.4. The van der Waals surface area contributed by atoms with Crippen LogP contribution in [0.4, 0.5) is 5.95 Å². The molecule has 1 aromatic rings. The first kappa shape index (κ1) is 9.77. The predicted molar refractivity (Wildman–Crippen MR) is 52.4 cm³/mol. The minimum atomic E-state index is 0.649. The molecule has 0 aromatic carbocycles. The summed E-state index contributed by atoms with van der Waals surface area (Å²) in [5.41, 5.74) is 1.95. The zero-order valence-electron chi connectivity index (χ0n) is 8.75. The van der Waals surface area contributed by atoms with E-state index in [0.717, 1.165) is 11.3 Å². The highest BCUT2D eigenvalue weighted by Crippen LogP contribution is 2.19. The molecule has 0 atom stereocenters. The molecule has 0 radical (unpaired) electrons. The minimum absolute atomic E-state index is 0.649. The fraction of sp³-hybridized carbons (Fsp3) is 0.556. The van der Waals surface area contributed by atoms with Crippen LogP contribution in [0.5, 0.6) is 5.88 Å². The summed E-state index contributed by atoms with van der Waals surface area (Å²) >= 11 is 0. The average molecular weight is 181 g/mol. The molecule has 0 saturated carbocycles. The summed E-state index contributed by atoms with van der Waals surface area (Å²) in [5, 5.41) is 0. The van der Waals surface area contributed by atoms with Gasteiger partial charge in [-0.2, -0.15) is 4.98 Å². The number of nitrogens with zero attached hydrogens (tertiary/aromatic N) is 3. The molecule has 1 aromatic heterocycles. The Balaban J connectivity index is 3.22. The summed E-state index contributed by atoms with van der Waals surface area (Å²) in [6.45, 7) is 3.90. The van der Waals surface area contributed by atoms with E-state index in [1.54, 1.807) is 7.11 Å². The molecule has 4 heteroatoms. The Morgan fingerprint density at radius 2 is 1.77 bits per heavy atom. The van der Waals surface area contributed by atoms with Crippen molar-refractivity contribution in [2.75, 3.05) is 26.1 Å². The van der Waals surface area contributed by atoms with E-state index in [1.807, 2.05) is 32.8 Å². The van der Waals surface area contributed by atoms with E-state index in [9.17, 15) is 0 Å². The fourth-order valence-corrected chi connectivity index (χ4v) is 0.987. The summed E-state index contributed by atoms with van der Waals surface area (Å²) in [6.07, 6.45) is 0. The van der Waals surface area contributed by atoms with Crippen molar-refractivity contribution in [2.45, 2.75) is 13.8 Å². The molecule has 0 aliphatic heterocycles. The van der Waals surface area contributed by atoms with Gasteiger partial charge in [-0.1, -0.05) is 0 Å². The van der Waals surface area contributed by atoms with Gasteiger partial charge in [0, 0.05) is 25.4 Å². The molecule has 0 saturated heterocycles. The molecule has 4 nitrogen and oxygen atoms in total. The Labute approximate surface area is 78.6 Å². The van der Waals surface area contributed by atoms with Crippen molar-refractivity contribution in [1.29, 1.82) is 0 Å². The van der Waals surface area contributed by atoms with Gasteiger partial charge in [0.2, 0.25) is 11.8 Å². The largest absolute Gasteiger partial charge is 0.481 e. The van der Waals surface area contributed by atoms with Crippen molar-refractivity contribution in [3.8, 4) is 5.88 Å². The third-order valence-electron chi connectivity index (χ3n) is 1.93. The van der Waals surface area contributed by atoms with E-state index < -0.39 is 0 Å². The topological polar surface area (TPSA) is 38.2 Å². The van der Waals surface area contributed by atoms with Crippen molar-refractivity contribution >= 4 is 5.95 Å². The summed E-state index contributed by atoms with van der Waals surface area (Å²) in [7, 11) is 5.43. The van der Waals surface area contributed by atoms with Crippen LogP contribution in [0, 0.1) is 13.8 Å². The maximum absolute atomic E-state index is 5.14. The molecule has 0 aliphatic rings. The molecule has 0 N–H and O–H groups in total. The Kier molecular flexibility index (Phi) is 2.70. The maximum atomic E-state index is 5.14. The summed E-state index contributed by atoms with van der Waals surface area (Å²) in [5.74, 6) is 1.33. The second-order valence-electron chi connectivity index (χ2n) is 3.14. The number of aromatic nitrogens is 2. The Bertz CT molecular complexity index is 310. The van der Waals surface area contributed by atoms with Crippen molar-refractivity contribution in [2.24, 2.45) is 0 Å². The molecule has 0 fully saturated rings. The molecule has 0 bridgehead atoms. The summed E-state index contributed by atoms with van der Waals surface area (Å²) < 4.78 is 5.14. The number of rotatable bonds is 2. The van der Waals surface area contributed by atoms with Crippen LogP contribution < -0.4 is 9.64 Å². The van der Waals surface area contributed by atoms with E-state index in [-0.39, 0.29) is 0 Å². The molecule has 1 heterocycles. The standard InChI is InChI=1S/C9H15N3O/c1-6-7(2)10-9(12(3)4)11-8(6)13-5/h1-5H3. The van der Waals surface area contributed by atoms with Gasteiger partial charge in [-0.05, 0) is 13.8 Å². The molecule has 72 valence electrons. The zero-order valence-corrected chi connectivity index (χ0v) is 8.75. The highest BCUT2D eigenvalue weighted by molar-refractivity contribution is 5.37. The molecule has 0 spiro atoms. The third-order valence-corrected chi connectivity index (χ3v) is 1.93. The van der Waals surface area contributed by atoms with E-state index in [4.69, 9.17) is 4.74 Å². The van der Waals surface area contributed by atoms with Crippen LogP contribution in [0.1, 0.15) is 11.3 Å². The normalized spacial score (nSPS) is 9.92. The van der Waals surface area contributed by atoms with Gasteiger partial charge in [0.15, 0.2) is 0 Å². The first-order chi connectivity index (χ1) is 6.06. The minimum Gasteiger partial charge on any atom is -0.481 e. The molecule has 13 heavy (non-hydrogen) atoms. The maximum Gasteiger partial charge on any atom is 0.228 e. The molecular weight excluding hydrogens is 166 g/mol. The van der Waals surface area contributed by atoms with Crippen LogP contribution in [0.15, 0.2) is 0 Å². The third kappa shape index (κ3) is 1.88. The predicted octanol–water partition coefficient (Wildman–Crippen LogP) is 1.17. The van der Waals surface area contributed by atoms with Crippen LogP contribution in [0.25, 0.3) is 0 Å². The van der Waals surface area contributed by atoms with Gasteiger partial charge in [-0.25, -0.2) is 4.98 Å². The van der Waals surface area contributed by atoms with E-state index >= 15 is 0 Å². The number of ether oxygens (including phenoxy) is 1. The first-order valence-electron chi connectivity index (χ1n) is 4.12. The van der Waals surface area contributed by atoms with Gasteiger partial charge in [0.1, 0.15) is 0 Å². The van der Waals surface area contributed by atoms with Crippen molar-refractivity contribution in [3.63, 3.8) is 0 Å². The number of hydrogen-bond donors (Lipinski definition) is 0. The van der Waals surface area contributed by atoms with Crippen molar-refractivity contribution < 1.29 is 4.74 Å². The Morgan fingerprint density at radius 3 is 2.23 bits per heavy atom. The van der Waals surface area contributed by atoms with Gasteiger partial charge < -0.3 is 9.64 Å². The van der Waals surface area contributed by atoms with Gasteiger partial charge in [-0.15, -0.1) is 0 Å². The lowest BCUT2D eigenvalue weighted by Crippen LogP contribution is -2.14. The Hall–Kier alpha value is -1.32. The van der Waals surface area contributed by atoms with E-state index in [2.05, 4.69) is 9.97 Å². The smallest absolute Gasteiger partial charge is 0.228 e.